The third kappa shape index (κ3) is 58.1. The van der Waals surface area contributed by atoms with Gasteiger partial charge in [-0.1, -0.05) is 209 Å². The van der Waals surface area contributed by atoms with E-state index in [1.54, 1.807) is 0 Å². The standard InChI is InChI=1S/C72H132NO7.ClH/c1-6-9-12-15-18-21-24-27-30-33-36-39-42-45-48-51-60-75-66-73(4,5)59-54-55-72(74)80-71-57-56-69(58-63-78-67-76-61-52-49-46-43-40-37-34-31-28-25-22-19-16-13-10-7-2)70(64-71)65-79-68-77-62-53-50-47-44-41-38-35-32-29-26-23-20-17-14-11-8-3;/h18-23,27-32,69-71H,6-17,24-26,33-68H2,1-5H3;1H/q+1;/p-1/b21-18-,22-19-,23-20-,30-27-,31-28-,32-29-;. The Morgan fingerprint density at radius 2 is 0.778 bits per heavy atom. The van der Waals surface area contributed by atoms with Gasteiger partial charge in [0.25, 0.3) is 0 Å². The van der Waals surface area contributed by atoms with Crippen molar-refractivity contribution in [3.8, 4) is 0 Å². The van der Waals surface area contributed by atoms with E-state index in [2.05, 4.69) is 108 Å². The largest absolute Gasteiger partial charge is 1.00 e. The maximum atomic E-state index is 13.2. The van der Waals surface area contributed by atoms with Crippen LogP contribution in [-0.2, 0) is 33.2 Å². The van der Waals surface area contributed by atoms with Crippen LogP contribution in [0.1, 0.15) is 290 Å². The molecule has 0 bridgehead atoms. The van der Waals surface area contributed by atoms with Gasteiger partial charge in [0, 0.05) is 26.2 Å². The summed E-state index contributed by atoms with van der Waals surface area (Å²) in [7, 11) is 4.40. The number of esters is 1. The molecule has 474 valence electrons. The maximum absolute atomic E-state index is 13.2. The van der Waals surface area contributed by atoms with Gasteiger partial charge in [-0.05, 0) is 153 Å². The number of rotatable bonds is 61. The normalized spacial score (nSPS) is 16.2. The molecule has 1 aliphatic rings. The zero-order valence-electron chi connectivity index (χ0n) is 53.9. The number of hydrogen-bond acceptors (Lipinski definition) is 7. The Kier molecular flexibility index (Phi) is 62.4. The Morgan fingerprint density at radius 1 is 0.407 bits per heavy atom. The van der Waals surface area contributed by atoms with Crippen molar-refractivity contribution in [2.75, 3.05) is 74.0 Å². The molecule has 0 amide bonds. The third-order valence-electron chi connectivity index (χ3n) is 15.7. The lowest BCUT2D eigenvalue weighted by atomic mass is 9.76. The monoisotopic (exact) mass is 1160 g/mol. The zero-order chi connectivity index (χ0) is 57.6. The highest BCUT2D eigenvalue weighted by atomic mass is 35.5. The van der Waals surface area contributed by atoms with Crippen LogP contribution in [0.25, 0.3) is 0 Å². The first-order valence-electron chi connectivity index (χ1n) is 34.2. The lowest BCUT2D eigenvalue weighted by Crippen LogP contribution is -3.00. The molecule has 0 aromatic carbocycles. The lowest BCUT2D eigenvalue weighted by molar-refractivity contribution is -0.909. The summed E-state index contributed by atoms with van der Waals surface area (Å²) in [5.74, 6) is 0.679. The number of unbranched alkanes of at least 4 members (excludes halogenated alkanes) is 27. The van der Waals surface area contributed by atoms with Gasteiger partial charge in [-0.25, -0.2) is 0 Å². The molecule has 3 unspecified atom stereocenters. The quantitative estimate of drug-likeness (QED) is 0.0197. The van der Waals surface area contributed by atoms with Gasteiger partial charge >= 0.3 is 5.97 Å². The van der Waals surface area contributed by atoms with E-state index in [4.69, 9.17) is 28.4 Å². The van der Waals surface area contributed by atoms with E-state index in [-0.39, 0.29) is 24.5 Å². The van der Waals surface area contributed by atoms with Crippen molar-refractivity contribution in [3.63, 3.8) is 0 Å². The fourth-order valence-electron chi connectivity index (χ4n) is 10.6. The van der Waals surface area contributed by atoms with Crippen LogP contribution in [0, 0.1) is 11.8 Å². The molecule has 0 heterocycles. The Bertz CT molecular complexity index is 1480. The highest BCUT2D eigenvalue weighted by molar-refractivity contribution is 5.69. The molecule has 0 aromatic rings. The van der Waals surface area contributed by atoms with E-state index >= 15 is 0 Å². The average molecular weight is 1160 g/mol. The first-order valence-corrected chi connectivity index (χ1v) is 34.2. The van der Waals surface area contributed by atoms with Gasteiger partial charge in [0.1, 0.15) is 19.7 Å². The second-order valence-corrected chi connectivity index (χ2v) is 24.1. The topological polar surface area (TPSA) is 72.5 Å². The molecule has 8 nitrogen and oxygen atoms in total. The van der Waals surface area contributed by atoms with Crippen LogP contribution in [0.3, 0.4) is 0 Å². The Morgan fingerprint density at radius 3 is 1.21 bits per heavy atom. The van der Waals surface area contributed by atoms with Crippen LogP contribution in [0.5, 0.6) is 0 Å². The molecule has 1 aliphatic carbocycles. The van der Waals surface area contributed by atoms with E-state index in [9.17, 15) is 4.79 Å². The number of hydrogen-bond donors (Lipinski definition) is 0. The smallest absolute Gasteiger partial charge is 0.306 e. The Labute approximate surface area is 508 Å². The van der Waals surface area contributed by atoms with Crippen molar-refractivity contribution in [2.24, 2.45) is 11.8 Å². The van der Waals surface area contributed by atoms with Crippen molar-refractivity contribution in [3.05, 3.63) is 72.9 Å². The van der Waals surface area contributed by atoms with Crippen LogP contribution in [-0.4, -0.2) is 90.5 Å². The first-order chi connectivity index (χ1) is 39.4. The van der Waals surface area contributed by atoms with Crippen LogP contribution < -0.4 is 12.4 Å². The molecule has 0 spiro atoms. The summed E-state index contributed by atoms with van der Waals surface area (Å²) < 4.78 is 37.0. The van der Waals surface area contributed by atoms with E-state index in [1.807, 2.05) is 0 Å². The highest BCUT2D eigenvalue weighted by Crippen LogP contribution is 2.35. The van der Waals surface area contributed by atoms with Crippen molar-refractivity contribution in [2.45, 2.75) is 297 Å². The molecule has 0 aromatic heterocycles. The first kappa shape index (κ1) is 79.0. The zero-order valence-corrected chi connectivity index (χ0v) is 54.7. The molecule has 0 radical (unpaired) electrons. The summed E-state index contributed by atoms with van der Waals surface area (Å²) in [5.41, 5.74) is 0. The molecule has 0 saturated heterocycles. The maximum Gasteiger partial charge on any atom is 0.306 e. The van der Waals surface area contributed by atoms with E-state index in [0.29, 0.717) is 51.8 Å². The molecule has 81 heavy (non-hydrogen) atoms. The molecular weight excluding hydrogens is 1030 g/mol. The number of carbonyl (C=O) groups is 1. The molecule has 0 aliphatic heterocycles. The molecule has 1 fully saturated rings. The lowest BCUT2D eigenvalue weighted by Gasteiger charge is -2.36. The van der Waals surface area contributed by atoms with Crippen molar-refractivity contribution in [1.82, 2.24) is 0 Å². The number of ether oxygens (including phenoxy) is 6. The molecule has 1 rings (SSSR count). The summed E-state index contributed by atoms with van der Waals surface area (Å²) in [6, 6.07) is 0. The van der Waals surface area contributed by atoms with Gasteiger partial charge < -0.3 is 45.3 Å². The minimum atomic E-state index is -0.0766. The van der Waals surface area contributed by atoms with Crippen LogP contribution in [0.4, 0.5) is 0 Å². The third-order valence-corrected chi connectivity index (χ3v) is 15.7. The van der Waals surface area contributed by atoms with E-state index < -0.39 is 0 Å². The molecular formula is C72H132ClNO7. The fourth-order valence-corrected chi connectivity index (χ4v) is 10.6. The van der Waals surface area contributed by atoms with Gasteiger partial charge in [0.15, 0.2) is 6.73 Å². The number of allylic oxidation sites excluding steroid dienone is 12. The molecule has 3 atom stereocenters. The van der Waals surface area contributed by atoms with Crippen molar-refractivity contribution < 1.29 is 50.1 Å². The summed E-state index contributed by atoms with van der Waals surface area (Å²) in [5, 5.41) is 0. The van der Waals surface area contributed by atoms with Gasteiger partial charge in [-0.15, -0.1) is 0 Å². The van der Waals surface area contributed by atoms with Crippen LogP contribution in [0.15, 0.2) is 72.9 Å². The summed E-state index contributed by atoms with van der Waals surface area (Å²) in [6.07, 6.45) is 77.8. The van der Waals surface area contributed by atoms with Crippen molar-refractivity contribution in [1.29, 1.82) is 0 Å². The van der Waals surface area contributed by atoms with Gasteiger partial charge in [0.2, 0.25) is 0 Å². The van der Waals surface area contributed by atoms with Gasteiger partial charge in [-0.3, -0.25) is 4.79 Å². The summed E-state index contributed by atoms with van der Waals surface area (Å²) >= 11 is 0. The SMILES string of the molecule is CCCCC/C=C\C/C=C\CCCCCCCCOCOCCC1CCC(OC(=O)CCC[N+](C)(C)COCCCCCCCC/C=C\C/C=C\CCCCC)CC1COCOCCCCCCCC/C=C\C/C=C\CCCCC.[Cl-]. The van der Waals surface area contributed by atoms with Crippen LogP contribution in [0.2, 0.25) is 0 Å². The second-order valence-electron chi connectivity index (χ2n) is 24.1. The minimum absolute atomic E-state index is 0. The molecule has 9 heteroatoms. The van der Waals surface area contributed by atoms with E-state index in [1.165, 1.54) is 193 Å². The predicted octanol–water partition coefficient (Wildman–Crippen LogP) is 18.0. The molecule has 1 saturated carbocycles. The molecule has 0 N–H and O–H groups in total. The highest BCUT2D eigenvalue weighted by Gasteiger charge is 2.32. The van der Waals surface area contributed by atoms with Crippen molar-refractivity contribution >= 4 is 5.97 Å². The Balaban J connectivity index is 0.0000640. The average Bonchev–Trinajstić information content (AvgIpc) is 3.45. The predicted molar refractivity (Wildman–Crippen MR) is 344 cm³/mol. The van der Waals surface area contributed by atoms with E-state index in [0.717, 1.165) is 101 Å². The Hall–Kier alpha value is -2.04. The van der Waals surface area contributed by atoms with Crippen LogP contribution >= 0.6 is 0 Å². The number of quaternary nitrogens is 1. The number of halogens is 1. The van der Waals surface area contributed by atoms with Gasteiger partial charge in [0.05, 0.1) is 40.3 Å². The summed E-state index contributed by atoms with van der Waals surface area (Å²) in [4.78, 5) is 13.2. The van der Waals surface area contributed by atoms with Gasteiger partial charge in [-0.2, -0.15) is 0 Å². The number of carbonyl (C=O) groups excluding carboxylic acids is 1. The number of nitrogens with zero attached hydrogens (tertiary/aromatic N) is 1. The minimum Gasteiger partial charge on any atom is -1.00 e. The summed E-state index contributed by atoms with van der Waals surface area (Å²) in [6.45, 7) is 12.6. The fraction of sp³-hybridized carbons (Fsp3) is 0.819. The second kappa shape index (κ2) is 64.0.